The number of hydrogen-bond donors (Lipinski definition) is 1. The lowest BCUT2D eigenvalue weighted by Crippen LogP contribution is -2.18. The Morgan fingerprint density at radius 2 is 2.56 bits per heavy atom. The van der Waals surface area contributed by atoms with Crippen LogP contribution in [0.15, 0.2) is 5.51 Å². The van der Waals surface area contributed by atoms with E-state index in [4.69, 9.17) is 4.74 Å². The number of nitrogens with zero attached hydrogens (tertiary/aromatic N) is 1. The smallest absolute Gasteiger partial charge is 0.0798 e. The van der Waals surface area contributed by atoms with E-state index in [0.29, 0.717) is 12.1 Å². The first-order valence-electron chi connectivity index (χ1n) is 6.00. The van der Waals surface area contributed by atoms with E-state index >= 15 is 0 Å². The van der Waals surface area contributed by atoms with E-state index in [1.165, 1.54) is 17.7 Å². The standard InChI is InChI=1S/C12H20N2OS/c1-9-12(16-8-14-9)11(13-2)6-5-10-4-3-7-15-10/h8,10-11,13H,3-7H2,1-2H3. The molecule has 2 rings (SSSR count). The molecule has 2 atom stereocenters. The Morgan fingerprint density at radius 3 is 3.12 bits per heavy atom. The minimum atomic E-state index is 0.441. The fourth-order valence-electron chi connectivity index (χ4n) is 2.28. The molecule has 90 valence electrons. The summed E-state index contributed by atoms with van der Waals surface area (Å²) in [6.45, 7) is 3.04. The Morgan fingerprint density at radius 1 is 1.69 bits per heavy atom. The summed E-state index contributed by atoms with van der Waals surface area (Å²) in [5, 5.41) is 3.38. The number of hydrogen-bond acceptors (Lipinski definition) is 4. The number of nitrogens with one attached hydrogen (secondary N) is 1. The molecule has 2 heterocycles. The van der Waals surface area contributed by atoms with Crippen molar-refractivity contribution in [3.63, 3.8) is 0 Å². The van der Waals surface area contributed by atoms with E-state index in [9.17, 15) is 0 Å². The summed E-state index contributed by atoms with van der Waals surface area (Å²) in [6.07, 6.45) is 5.25. The third kappa shape index (κ3) is 2.81. The highest BCUT2D eigenvalue weighted by atomic mass is 32.1. The Balaban J connectivity index is 1.88. The van der Waals surface area contributed by atoms with Gasteiger partial charge in [0.25, 0.3) is 0 Å². The fourth-order valence-corrected chi connectivity index (χ4v) is 3.22. The molecule has 3 nitrogen and oxygen atoms in total. The Kier molecular flexibility index (Phi) is 4.32. The second kappa shape index (κ2) is 5.75. The molecule has 1 aliphatic heterocycles. The first-order valence-corrected chi connectivity index (χ1v) is 6.88. The van der Waals surface area contributed by atoms with E-state index in [1.807, 2.05) is 12.6 Å². The Labute approximate surface area is 101 Å². The molecule has 16 heavy (non-hydrogen) atoms. The molecule has 0 bridgehead atoms. The van der Waals surface area contributed by atoms with Gasteiger partial charge in [-0.25, -0.2) is 4.98 Å². The van der Waals surface area contributed by atoms with Crippen molar-refractivity contribution in [2.45, 2.75) is 44.8 Å². The van der Waals surface area contributed by atoms with Gasteiger partial charge < -0.3 is 10.1 Å². The van der Waals surface area contributed by atoms with Crippen LogP contribution in [0.4, 0.5) is 0 Å². The maximum atomic E-state index is 5.66. The summed E-state index contributed by atoms with van der Waals surface area (Å²) >= 11 is 1.75. The predicted octanol–water partition coefficient (Wildman–Crippen LogP) is 2.67. The van der Waals surface area contributed by atoms with Gasteiger partial charge in [0.2, 0.25) is 0 Å². The summed E-state index contributed by atoms with van der Waals surface area (Å²) < 4.78 is 5.66. The van der Waals surface area contributed by atoms with Crippen molar-refractivity contribution in [3.8, 4) is 0 Å². The quantitative estimate of drug-likeness (QED) is 0.859. The second-order valence-corrected chi connectivity index (χ2v) is 5.24. The lowest BCUT2D eigenvalue weighted by Gasteiger charge is -2.17. The number of aromatic nitrogens is 1. The molecule has 1 aromatic heterocycles. The third-order valence-electron chi connectivity index (χ3n) is 3.25. The van der Waals surface area contributed by atoms with E-state index in [1.54, 1.807) is 11.3 Å². The van der Waals surface area contributed by atoms with Crippen molar-refractivity contribution in [2.75, 3.05) is 13.7 Å². The van der Waals surface area contributed by atoms with Gasteiger partial charge in [0, 0.05) is 17.5 Å². The van der Waals surface area contributed by atoms with E-state index in [-0.39, 0.29) is 0 Å². The van der Waals surface area contributed by atoms with Gasteiger partial charge in [-0.2, -0.15) is 0 Å². The second-order valence-electron chi connectivity index (χ2n) is 4.36. The molecule has 0 spiro atoms. The molecular weight excluding hydrogens is 220 g/mol. The third-order valence-corrected chi connectivity index (χ3v) is 4.29. The number of rotatable bonds is 5. The lowest BCUT2D eigenvalue weighted by atomic mass is 10.0. The maximum Gasteiger partial charge on any atom is 0.0798 e. The lowest BCUT2D eigenvalue weighted by molar-refractivity contribution is 0.0999. The van der Waals surface area contributed by atoms with Crippen LogP contribution in [0.3, 0.4) is 0 Å². The molecular formula is C12H20N2OS. The van der Waals surface area contributed by atoms with Crippen LogP contribution in [0, 0.1) is 6.92 Å². The summed E-state index contributed by atoms with van der Waals surface area (Å²) in [5.41, 5.74) is 3.10. The number of ether oxygens (including phenoxy) is 1. The Bertz CT molecular complexity index is 321. The summed E-state index contributed by atoms with van der Waals surface area (Å²) in [5.74, 6) is 0. The molecule has 0 saturated carbocycles. The van der Waals surface area contributed by atoms with Crippen LogP contribution in [0.25, 0.3) is 0 Å². The Hall–Kier alpha value is -0.450. The topological polar surface area (TPSA) is 34.1 Å². The maximum absolute atomic E-state index is 5.66. The van der Waals surface area contributed by atoms with E-state index in [0.717, 1.165) is 25.1 Å². The molecule has 1 aromatic rings. The van der Waals surface area contributed by atoms with Crippen molar-refractivity contribution in [3.05, 3.63) is 16.1 Å². The van der Waals surface area contributed by atoms with E-state index in [2.05, 4.69) is 17.2 Å². The highest BCUT2D eigenvalue weighted by molar-refractivity contribution is 7.09. The molecule has 4 heteroatoms. The zero-order chi connectivity index (χ0) is 11.4. The van der Waals surface area contributed by atoms with Crippen molar-refractivity contribution < 1.29 is 4.74 Å². The monoisotopic (exact) mass is 240 g/mol. The molecule has 1 saturated heterocycles. The number of aryl methyl sites for hydroxylation is 1. The van der Waals surface area contributed by atoms with Crippen LogP contribution >= 0.6 is 11.3 Å². The summed E-state index contributed by atoms with van der Waals surface area (Å²) in [4.78, 5) is 5.69. The molecule has 0 amide bonds. The highest BCUT2D eigenvalue weighted by Gasteiger charge is 2.19. The summed E-state index contributed by atoms with van der Waals surface area (Å²) in [7, 11) is 2.03. The van der Waals surface area contributed by atoms with Crippen LogP contribution in [0.2, 0.25) is 0 Å². The SMILES string of the molecule is CNC(CCC1CCCO1)c1scnc1C. The molecule has 1 fully saturated rings. The van der Waals surface area contributed by atoms with Gasteiger partial charge in [-0.3, -0.25) is 0 Å². The van der Waals surface area contributed by atoms with Crippen LogP contribution in [0.5, 0.6) is 0 Å². The number of thiazole rings is 1. The van der Waals surface area contributed by atoms with Gasteiger partial charge in [0.15, 0.2) is 0 Å². The molecule has 1 aliphatic rings. The average Bonchev–Trinajstić information content (AvgIpc) is 2.92. The summed E-state index contributed by atoms with van der Waals surface area (Å²) in [6, 6.07) is 0.441. The minimum absolute atomic E-state index is 0.441. The molecule has 0 radical (unpaired) electrons. The molecule has 0 aliphatic carbocycles. The normalized spacial score (nSPS) is 22.5. The first-order chi connectivity index (χ1) is 7.81. The van der Waals surface area contributed by atoms with Crippen molar-refractivity contribution in [1.29, 1.82) is 0 Å². The zero-order valence-corrected chi connectivity index (χ0v) is 10.8. The van der Waals surface area contributed by atoms with Gasteiger partial charge in [-0.15, -0.1) is 11.3 Å². The fraction of sp³-hybridized carbons (Fsp3) is 0.750. The van der Waals surface area contributed by atoms with Gasteiger partial charge in [0.1, 0.15) is 0 Å². The molecule has 1 N–H and O–H groups in total. The van der Waals surface area contributed by atoms with Gasteiger partial charge in [-0.1, -0.05) is 0 Å². The molecule has 0 aromatic carbocycles. The van der Waals surface area contributed by atoms with Gasteiger partial charge in [-0.05, 0) is 39.7 Å². The van der Waals surface area contributed by atoms with E-state index < -0.39 is 0 Å². The van der Waals surface area contributed by atoms with Gasteiger partial charge >= 0.3 is 0 Å². The largest absolute Gasteiger partial charge is 0.378 e. The average molecular weight is 240 g/mol. The first kappa shape index (κ1) is 12.0. The van der Waals surface area contributed by atoms with Crippen LogP contribution < -0.4 is 5.32 Å². The van der Waals surface area contributed by atoms with Crippen molar-refractivity contribution >= 4 is 11.3 Å². The van der Waals surface area contributed by atoms with Crippen molar-refractivity contribution in [2.24, 2.45) is 0 Å². The zero-order valence-electron chi connectivity index (χ0n) is 10.0. The van der Waals surface area contributed by atoms with Crippen LogP contribution in [-0.4, -0.2) is 24.7 Å². The highest BCUT2D eigenvalue weighted by Crippen LogP contribution is 2.27. The van der Waals surface area contributed by atoms with Crippen LogP contribution in [0.1, 0.15) is 42.3 Å². The van der Waals surface area contributed by atoms with Gasteiger partial charge in [0.05, 0.1) is 17.3 Å². The van der Waals surface area contributed by atoms with Crippen molar-refractivity contribution in [1.82, 2.24) is 10.3 Å². The predicted molar refractivity (Wildman–Crippen MR) is 66.9 cm³/mol. The minimum Gasteiger partial charge on any atom is -0.378 e. The molecule has 2 unspecified atom stereocenters. The van der Waals surface area contributed by atoms with Crippen LogP contribution in [-0.2, 0) is 4.74 Å².